The minimum absolute atomic E-state index is 0.0125. The lowest BCUT2D eigenvalue weighted by molar-refractivity contribution is -0.150. The number of hydrogen-bond donors (Lipinski definition) is 4. The predicted octanol–water partition coefficient (Wildman–Crippen LogP) is 4.52. The number of carboxylic acids is 2. The lowest BCUT2D eigenvalue weighted by atomic mass is 9.77. The van der Waals surface area contributed by atoms with Gasteiger partial charge in [-0.05, 0) is 64.4 Å². The SMILES string of the molecule is O=C(Cc1cccs1)NC1C(=O)N2C(C(=O)O)=C(/C=C/COc3cc4c(cc3F)C3(OC(=O)c5ccccc53)c3cc(F)c(OC/C=C/C5=C(C(=O)O)N6C(=O)C(NC(=O)Cc7cccs7)C6S(=O)C5)cc3O4)CS(=O)C12. The third kappa shape index (κ3) is 8.90. The van der Waals surface area contributed by atoms with E-state index in [1.807, 2.05) is 0 Å². The van der Waals surface area contributed by atoms with Crippen LogP contribution in [-0.2, 0) is 73.5 Å². The summed E-state index contributed by atoms with van der Waals surface area (Å²) in [6.45, 7) is -0.781. The molecule has 5 aromatic rings. The van der Waals surface area contributed by atoms with Crippen LogP contribution < -0.4 is 24.8 Å². The minimum atomic E-state index is -1.95. The molecular formula is C52H38F2N4O15S4. The Hall–Kier alpha value is -8.13. The zero-order valence-electron chi connectivity index (χ0n) is 39.4. The summed E-state index contributed by atoms with van der Waals surface area (Å²) in [6, 6.07) is 15.3. The minimum Gasteiger partial charge on any atom is -0.486 e. The molecule has 6 unspecified atom stereocenters. The molecule has 0 bridgehead atoms. The van der Waals surface area contributed by atoms with Crippen LogP contribution in [0, 0.1) is 11.6 Å². The molecule has 0 radical (unpaired) electrons. The van der Waals surface area contributed by atoms with Gasteiger partial charge in [0.25, 0.3) is 11.8 Å². The number of amides is 4. The third-order valence-electron chi connectivity index (χ3n) is 13.3. The number of benzene rings is 3. The molecule has 0 saturated carbocycles. The number of ether oxygens (including phenoxy) is 4. The van der Waals surface area contributed by atoms with Gasteiger partial charge in [-0.2, -0.15) is 0 Å². The Morgan fingerprint density at radius 1 is 0.688 bits per heavy atom. The fourth-order valence-corrected chi connectivity index (χ4v) is 14.7. The summed E-state index contributed by atoms with van der Waals surface area (Å²) >= 11 is 2.69. The summed E-state index contributed by atoms with van der Waals surface area (Å²) in [7, 11) is -3.66. The lowest BCUT2D eigenvalue weighted by Crippen LogP contribution is -2.73. The molecule has 2 fully saturated rings. The van der Waals surface area contributed by atoms with Crippen molar-refractivity contribution in [2.45, 2.75) is 41.3 Å². The van der Waals surface area contributed by atoms with Gasteiger partial charge in [0.1, 0.15) is 58.9 Å². The Bertz CT molecular complexity index is 3380. The van der Waals surface area contributed by atoms with Crippen molar-refractivity contribution in [1.29, 1.82) is 0 Å². The van der Waals surface area contributed by atoms with E-state index >= 15 is 8.78 Å². The Morgan fingerprint density at radius 2 is 1.16 bits per heavy atom. The second kappa shape index (κ2) is 20.1. The molecule has 6 aliphatic heterocycles. The zero-order valence-corrected chi connectivity index (χ0v) is 42.7. The van der Waals surface area contributed by atoms with Crippen LogP contribution in [0.4, 0.5) is 8.78 Å². The van der Waals surface area contributed by atoms with E-state index < -0.39 is 128 Å². The van der Waals surface area contributed by atoms with E-state index in [1.54, 1.807) is 53.2 Å². The molecule has 8 heterocycles. The molecule has 2 saturated heterocycles. The number of allylic oxidation sites excluding steroid dienone is 2. The number of hydrogen-bond acceptors (Lipinski definition) is 15. The lowest BCUT2D eigenvalue weighted by Gasteiger charge is -2.48. The Kier molecular flexibility index (Phi) is 13.3. The van der Waals surface area contributed by atoms with Crippen LogP contribution in [0.15, 0.2) is 130 Å². The molecule has 0 aliphatic carbocycles. The van der Waals surface area contributed by atoms with Crippen LogP contribution in [0.2, 0.25) is 0 Å². The molecule has 1 spiro atoms. The molecule has 77 heavy (non-hydrogen) atoms. The van der Waals surface area contributed by atoms with Gasteiger partial charge < -0.3 is 39.8 Å². The van der Waals surface area contributed by atoms with Gasteiger partial charge in [0.2, 0.25) is 11.8 Å². The number of nitrogens with zero attached hydrogens (tertiary/aromatic N) is 2. The Labute approximate surface area is 447 Å². The molecule has 3 aromatic carbocycles. The molecule has 6 aliphatic rings. The van der Waals surface area contributed by atoms with Gasteiger partial charge in [-0.1, -0.05) is 42.5 Å². The van der Waals surface area contributed by atoms with Gasteiger partial charge >= 0.3 is 17.9 Å². The first-order valence-electron chi connectivity index (χ1n) is 23.3. The highest BCUT2D eigenvalue weighted by atomic mass is 32.2. The number of esters is 1. The standard InChI is InChI=1S/C52H38F2N4O15S4/c53-33-19-31-35(21-37(33)70-13-3-7-25-23-76(68)47-41(45(61)57(47)43(25)49(63)64)55-39(59)17-27-9-5-15-74-27)72-36-22-38(34(54)20-32(36)52(31)30-12-2-1-11-29(30)51(67)73-52)71-14-4-8-26-24-77(69)48-42(46(62)58(48)44(26)50(65)66)56-40(60)18-28-10-6-16-75-28/h1-12,15-16,19-22,41-42,47-48H,13-14,17-18,23-24H2,(H,55,59)(H,56,60)(H,63,64)(H,65,66)/b7-3+,8-4+. The van der Waals surface area contributed by atoms with E-state index in [-0.39, 0.29) is 80.7 Å². The second-order valence-electron chi connectivity index (χ2n) is 17.9. The average molecular weight is 1130 g/mol. The van der Waals surface area contributed by atoms with Crippen LogP contribution in [0.1, 0.15) is 36.8 Å². The average Bonchev–Trinajstić information content (AvgIpc) is 4.39. The largest absolute Gasteiger partial charge is 0.486 e. The summed E-state index contributed by atoms with van der Waals surface area (Å²) in [6.07, 6.45) is 5.20. The van der Waals surface area contributed by atoms with Crippen LogP contribution in [0.5, 0.6) is 23.0 Å². The Balaban J connectivity index is 0.811. The first-order chi connectivity index (χ1) is 37.0. The van der Waals surface area contributed by atoms with Gasteiger partial charge in [0, 0.05) is 27.5 Å². The summed E-state index contributed by atoms with van der Waals surface area (Å²) in [4.78, 5) is 93.5. The fraction of sp³-hybridized carbons (Fsp3) is 0.212. The van der Waals surface area contributed by atoms with Crippen LogP contribution in [-0.4, -0.2) is 118 Å². The van der Waals surface area contributed by atoms with E-state index in [0.29, 0.717) is 0 Å². The molecular weight excluding hydrogens is 1090 g/mol. The molecule has 6 atom stereocenters. The van der Waals surface area contributed by atoms with Gasteiger partial charge in [0.15, 0.2) is 28.7 Å². The first kappa shape index (κ1) is 51.0. The van der Waals surface area contributed by atoms with Crippen molar-refractivity contribution >= 4 is 85.8 Å². The highest BCUT2D eigenvalue weighted by molar-refractivity contribution is 7.86. The molecule has 11 rings (SSSR count). The van der Waals surface area contributed by atoms with Crippen molar-refractivity contribution in [3.05, 3.63) is 174 Å². The quantitative estimate of drug-likeness (QED) is 0.0782. The number of carbonyl (C=O) groups is 7. The predicted molar refractivity (Wildman–Crippen MR) is 270 cm³/mol. The number of rotatable bonds is 16. The van der Waals surface area contributed by atoms with Crippen molar-refractivity contribution in [1.82, 2.24) is 20.4 Å². The van der Waals surface area contributed by atoms with Gasteiger partial charge in [-0.25, -0.2) is 23.2 Å². The number of fused-ring (bicyclic) bond motifs is 8. The Morgan fingerprint density at radius 3 is 1.60 bits per heavy atom. The molecule has 4 N–H and O–H groups in total. The maximum atomic E-state index is 16.2. The summed E-state index contributed by atoms with van der Waals surface area (Å²) < 4.78 is 83.1. The van der Waals surface area contributed by atoms with Crippen molar-refractivity contribution < 1.29 is 79.9 Å². The van der Waals surface area contributed by atoms with E-state index in [0.717, 1.165) is 31.7 Å². The molecule has 394 valence electrons. The van der Waals surface area contributed by atoms with Crippen molar-refractivity contribution in [2.24, 2.45) is 0 Å². The maximum absolute atomic E-state index is 16.2. The number of halogens is 2. The number of carbonyl (C=O) groups excluding carboxylic acids is 5. The smallest absolute Gasteiger partial charge is 0.352 e. The van der Waals surface area contributed by atoms with Crippen molar-refractivity contribution in [3.63, 3.8) is 0 Å². The number of carboxylic acid groups (broad SMARTS) is 2. The molecule has 19 nitrogen and oxygen atoms in total. The van der Waals surface area contributed by atoms with E-state index in [1.165, 1.54) is 65.2 Å². The molecule has 25 heteroatoms. The van der Waals surface area contributed by atoms with Gasteiger partial charge in [0.05, 0.1) is 62.6 Å². The normalized spacial score (nSPS) is 23.8. The highest BCUT2D eigenvalue weighted by Gasteiger charge is 2.59. The first-order valence-corrected chi connectivity index (χ1v) is 27.8. The van der Waals surface area contributed by atoms with Gasteiger partial charge in [-0.15, -0.1) is 22.7 Å². The summed E-state index contributed by atoms with van der Waals surface area (Å²) in [5.41, 5.74) is -2.49. The van der Waals surface area contributed by atoms with Crippen LogP contribution >= 0.6 is 22.7 Å². The van der Waals surface area contributed by atoms with E-state index in [9.17, 15) is 52.2 Å². The number of nitrogens with one attached hydrogen (secondary N) is 2. The van der Waals surface area contributed by atoms with Crippen LogP contribution in [0.3, 0.4) is 0 Å². The van der Waals surface area contributed by atoms with Gasteiger partial charge in [-0.3, -0.25) is 37.4 Å². The van der Waals surface area contributed by atoms with Crippen LogP contribution in [0.25, 0.3) is 0 Å². The topological polar surface area (TPSA) is 262 Å². The van der Waals surface area contributed by atoms with Crippen molar-refractivity contribution in [2.75, 3.05) is 24.7 Å². The highest BCUT2D eigenvalue weighted by Crippen LogP contribution is 2.58. The molecule has 2 aromatic heterocycles. The van der Waals surface area contributed by atoms with E-state index in [4.69, 9.17) is 18.9 Å². The molecule has 4 amide bonds. The summed E-state index contributed by atoms with van der Waals surface area (Å²) in [5, 5.41) is 26.8. The number of aliphatic carboxylic acids is 2. The fourth-order valence-electron chi connectivity index (χ4n) is 10.0. The monoisotopic (exact) mass is 1120 g/mol. The second-order valence-corrected chi connectivity index (χ2v) is 23.0. The third-order valence-corrected chi connectivity index (χ3v) is 18.3. The number of thiophene rings is 2. The summed E-state index contributed by atoms with van der Waals surface area (Å²) in [5.74, 6) is -9.66. The van der Waals surface area contributed by atoms with Crippen molar-refractivity contribution in [3.8, 4) is 23.0 Å². The number of β-lactam (4-membered cyclic amide) rings is 2. The van der Waals surface area contributed by atoms with E-state index in [2.05, 4.69) is 10.6 Å². The zero-order chi connectivity index (χ0) is 54.0. The maximum Gasteiger partial charge on any atom is 0.352 e.